The number of nitrogens with zero attached hydrogens (tertiary/aromatic N) is 3. The minimum Gasteiger partial charge on any atom is -0.292 e. The second-order valence-electron chi connectivity index (χ2n) is 12.4. The van der Waals surface area contributed by atoms with E-state index in [9.17, 15) is 0 Å². The summed E-state index contributed by atoms with van der Waals surface area (Å²) >= 11 is 0. The highest BCUT2D eigenvalue weighted by atomic mass is 15.1. The van der Waals surface area contributed by atoms with Gasteiger partial charge in [-0.3, -0.25) is 8.97 Å². The quantitative estimate of drug-likeness (QED) is 0.182. The fourth-order valence-corrected chi connectivity index (χ4v) is 7.49. The first-order chi connectivity index (χ1) is 23.8. The van der Waals surface area contributed by atoms with Gasteiger partial charge in [0, 0.05) is 21.8 Å². The molecule has 10 rings (SSSR count). The van der Waals surface area contributed by atoms with Gasteiger partial charge < -0.3 is 0 Å². The standard InChI is InChI=1S/C45H29N3/c1-3-14-30(15-4-1)32-18-13-19-33(26-32)35-27-34(31-16-5-2-6-17-31)28-36(29-35)47-42-25-12-10-23-40(42)43-45(47)46-44-39-22-8-7-20-37(39)38-21-9-11-24-41(38)48(43)44/h1-29H. The molecule has 0 aliphatic heterocycles. The molecule has 0 spiro atoms. The zero-order chi connectivity index (χ0) is 31.6. The smallest absolute Gasteiger partial charge is 0.165 e. The molecule has 0 amide bonds. The molecule has 0 saturated heterocycles. The predicted octanol–water partition coefficient (Wildman–Crippen LogP) is 11.7. The van der Waals surface area contributed by atoms with Crippen LogP contribution in [0.15, 0.2) is 176 Å². The van der Waals surface area contributed by atoms with E-state index in [1.54, 1.807) is 0 Å². The van der Waals surface area contributed by atoms with Crippen molar-refractivity contribution in [1.29, 1.82) is 0 Å². The van der Waals surface area contributed by atoms with Crippen LogP contribution in [0.2, 0.25) is 0 Å². The Morgan fingerprint density at radius 1 is 0.333 bits per heavy atom. The highest BCUT2D eigenvalue weighted by Crippen LogP contribution is 2.40. The summed E-state index contributed by atoms with van der Waals surface area (Å²) in [4.78, 5) is 5.49. The van der Waals surface area contributed by atoms with E-state index in [0.29, 0.717) is 0 Å². The van der Waals surface area contributed by atoms with Crippen molar-refractivity contribution in [1.82, 2.24) is 14.0 Å². The maximum atomic E-state index is 5.49. The highest BCUT2D eigenvalue weighted by Gasteiger charge is 2.22. The molecule has 0 aliphatic carbocycles. The molecule has 3 heteroatoms. The Bertz CT molecular complexity index is 2820. The maximum absolute atomic E-state index is 5.49. The van der Waals surface area contributed by atoms with E-state index in [1.165, 1.54) is 44.0 Å². The van der Waals surface area contributed by atoms with Crippen LogP contribution in [0.3, 0.4) is 0 Å². The van der Waals surface area contributed by atoms with Crippen LogP contribution >= 0.6 is 0 Å². The third kappa shape index (κ3) is 4.04. The van der Waals surface area contributed by atoms with Gasteiger partial charge in [0.05, 0.1) is 11.0 Å². The lowest BCUT2D eigenvalue weighted by molar-refractivity contribution is 1.15. The largest absolute Gasteiger partial charge is 0.292 e. The molecule has 0 fully saturated rings. The topological polar surface area (TPSA) is 22.2 Å². The van der Waals surface area contributed by atoms with Crippen LogP contribution in [-0.4, -0.2) is 14.0 Å². The number of fused-ring (bicyclic) bond motifs is 10. The molecule has 48 heavy (non-hydrogen) atoms. The number of para-hydroxylation sites is 2. The van der Waals surface area contributed by atoms with Gasteiger partial charge in [-0.1, -0.05) is 140 Å². The Morgan fingerprint density at radius 2 is 0.833 bits per heavy atom. The van der Waals surface area contributed by atoms with Crippen molar-refractivity contribution in [3.63, 3.8) is 0 Å². The van der Waals surface area contributed by atoms with Crippen molar-refractivity contribution >= 4 is 49.4 Å². The van der Waals surface area contributed by atoms with E-state index >= 15 is 0 Å². The normalized spacial score (nSPS) is 11.8. The van der Waals surface area contributed by atoms with Crippen molar-refractivity contribution in [3.8, 4) is 39.1 Å². The van der Waals surface area contributed by atoms with Crippen LogP contribution < -0.4 is 0 Å². The molecule has 0 unspecified atom stereocenters. The van der Waals surface area contributed by atoms with E-state index in [0.717, 1.165) is 44.5 Å². The molecule has 0 atom stereocenters. The molecule has 3 heterocycles. The second kappa shape index (κ2) is 10.5. The minimum atomic E-state index is 0.951. The van der Waals surface area contributed by atoms with Crippen LogP contribution in [0.25, 0.3) is 88.5 Å². The number of pyridine rings is 1. The van der Waals surface area contributed by atoms with Gasteiger partial charge in [0.15, 0.2) is 5.65 Å². The van der Waals surface area contributed by atoms with Gasteiger partial charge in [0.25, 0.3) is 0 Å². The molecular weight excluding hydrogens is 583 g/mol. The van der Waals surface area contributed by atoms with Crippen LogP contribution in [-0.2, 0) is 0 Å². The zero-order valence-electron chi connectivity index (χ0n) is 26.1. The van der Waals surface area contributed by atoms with E-state index in [1.807, 2.05) is 0 Å². The molecule has 0 N–H and O–H groups in total. The first-order valence-electron chi connectivity index (χ1n) is 16.4. The average molecular weight is 612 g/mol. The summed E-state index contributed by atoms with van der Waals surface area (Å²) in [5.41, 5.74) is 13.5. The molecule has 10 aromatic rings. The molecule has 3 nitrogen and oxygen atoms in total. The summed E-state index contributed by atoms with van der Waals surface area (Å²) in [5.74, 6) is 0. The molecule has 0 bridgehead atoms. The SMILES string of the molecule is c1ccc(-c2cccc(-c3cc(-c4ccccc4)cc(-n4c5ccccc5c5c4nc4c6ccccc6c6ccccc6n45)c3)c2)cc1. The van der Waals surface area contributed by atoms with Gasteiger partial charge in [-0.2, -0.15) is 0 Å². The average Bonchev–Trinajstić information content (AvgIpc) is 3.71. The van der Waals surface area contributed by atoms with E-state index in [-0.39, 0.29) is 0 Å². The van der Waals surface area contributed by atoms with E-state index < -0.39 is 0 Å². The van der Waals surface area contributed by atoms with Crippen molar-refractivity contribution in [2.24, 2.45) is 0 Å². The van der Waals surface area contributed by atoms with Gasteiger partial charge >= 0.3 is 0 Å². The predicted molar refractivity (Wildman–Crippen MR) is 201 cm³/mol. The molecule has 224 valence electrons. The summed E-state index contributed by atoms with van der Waals surface area (Å²) in [6, 6.07) is 63.1. The van der Waals surface area contributed by atoms with Crippen LogP contribution in [0, 0.1) is 0 Å². The summed E-state index contributed by atoms with van der Waals surface area (Å²) in [6.45, 7) is 0. The highest BCUT2D eigenvalue weighted by molar-refractivity contribution is 6.17. The molecular formula is C45H29N3. The Kier molecular flexibility index (Phi) is 5.87. The Hall–Kier alpha value is -6.45. The fourth-order valence-electron chi connectivity index (χ4n) is 7.49. The first-order valence-corrected chi connectivity index (χ1v) is 16.4. The third-order valence-electron chi connectivity index (χ3n) is 9.66. The molecule has 0 saturated carbocycles. The second-order valence-corrected chi connectivity index (χ2v) is 12.4. The Labute approximate surface area is 277 Å². The summed E-state index contributed by atoms with van der Waals surface area (Å²) in [5, 5.41) is 4.77. The van der Waals surface area contributed by atoms with Crippen LogP contribution in [0.4, 0.5) is 0 Å². The number of benzene rings is 7. The first kappa shape index (κ1) is 26.7. The Morgan fingerprint density at radius 3 is 1.56 bits per heavy atom. The lowest BCUT2D eigenvalue weighted by Crippen LogP contribution is -1.97. The van der Waals surface area contributed by atoms with Crippen LogP contribution in [0.1, 0.15) is 0 Å². The zero-order valence-corrected chi connectivity index (χ0v) is 26.1. The molecule has 3 aromatic heterocycles. The fraction of sp³-hybridized carbons (Fsp3) is 0. The Balaban J connectivity index is 1.31. The van der Waals surface area contributed by atoms with Crippen molar-refractivity contribution < 1.29 is 0 Å². The number of rotatable bonds is 4. The lowest BCUT2D eigenvalue weighted by Gasteiger charge is -2.14. The molecule has 0 radical (unpaired) electrons. The molecule has 7 aromatic carbocycles. The third-order valence-corrected chi connectivity index (χ3v) is 9.66. The lowest BCUT2D eigenvalue weighted by atomic mass is 9.95. The number of imidazole rings is 1. The summed E-state index contributed by atoms with van der Waals surface area (Å²) in [6.07, 6.45) is 0. The monoisotopic (exact) mass is 611 g/mol. The van der Waals surface area contributed by atoms with Crippen molar-refractivity contribution in [2.45, 2.75) is 0 Å². The molecule has 0 aliphatic rings. The number of hydrogen-bond acceptors (Lipinski definition) is 1. The van der Waals surface area contributed by atoms with Gasteiger partial charge in [0.1, 0.15) is 11.2 Å². The van der Waals surface area contributed by atoms with Crippen molar-refractivity contribution in [3.05, 3.63) is 176 Å². The van der Waals surface area contributed by atoms with Crippen LogP contribution in [0.5, 0.6) is 0 Å². The van der Waals surface area contributed by atoms with E-state index in [4.69, 9.17) is 4.98 Å². The van der Waals surface area contributed by atoms with Gasteiger partial charge in [-0.05, 0) is 75.2 Å². The summed E-state index contributed by atoms with van der Waals surface area (Å²) < 4.78 is 4.73. The number of hydrogen-bond donors (Lipinski definition) is 0. The minimum absolute atomic E-state index is 0.951. The maximum Gasteiger partial charge on any atom is 0.165 e. The van der Waals surface area contributed by atoms with Gasteiger partial charge in [-0.15, -0.1) is 0 Å². The van der Waals surface area contributed by atoms with Gasteiger partial charge in [0.2, 0.25) is 0 Å². The number of aromatic nitrogens is 3. The summed E-state index contributed by atoms with van der Waals surface area (Å²) in [7, 11) is 0. The van der Waals surface area contributed by atoms with Crippen molar-refractivity contribution in [2.75, 3.05) is 0 Å². The van der Waals surface area contributed by atoms with E-state index in [2.05, 4.69) is 185 Å². The van der Waals surface area contributed by atoms with Gasteiger partial charge in [-0.25, -0.2) is 4.98 Å².